The molecule has 25 heavy (non-hydrogen) atoms. The van der Waals surface area contributed by atoms with Crippen LogP contribution in [0.2, 0.25) is 0 Å². The van der Waals surface area contributed by atoms with Crippen LogP contribution in [0.3, 0.4) is 0 Å². The zero-order valence-corrected chi connectivity index (χ0v) is 14.5. The number of rotatable bonds is 5. The lowest BCUT2D eigenvalue weighted by Crippen LogP contribution is -2.02. The van der Waals surface area contributed by atoms with Gasteiger partial charge in [0.15, 0.2) is 0 Å². The maximum atomic E-state index is 11.5. The second kappa shape index (κ2) is 7.67. The molecule has 3 rings (SSSR count). The smallest absolute Gasteiger partial charge is 0.337 e. The Morgan fingerprint density at radius 2 is 1.72 bits per heavy atom. The number of esters is 1. The summed E-state index contributed by atoms with van der Waals surface area (Å²) in [5.74, 6) is -0.315. The third-order valence-corrected chi connectivity index (χ3v) is 4.07. The van der Waals surface area contributed by atoms with Crippen molar-refractivity contribution in [1.82, 2.24) is 0 Å². The van der Waals surface area contributed by atoms with Gasteiger partial charge in [0.1, 0.15) is 0 Å². The van der Waals surface area contributed by atoms with Gasteiger partial charge in [-0.1, -0.05) is 54.1 Å². The summed E-state index contributed by atoms with van der Waals surface area (Å²) in [6, 6.07) is 22.1. The van der Waals surface area contributed by atoms with Crippen LogP contribution in [0, 0.1) is 0 Å². The molecule has 0 fully saturated rings. The van der Waals surface area contributed by atoms with Gasteiger partial charge in [-0.2, -0.15) is 0 Å². The van der Waals surface area contributed by atoms with E-state index in [9.17, 15) is 4.79 Å². The van der Waals surface area contributed by atoms with E-state index >= 15 is 0 Å². The number of anilines is 1. The Kier molecular flexibility index (Phi) is 5.14. The van der Waals surface area contributed by atoms with Gasteiger partial charge in [-0.05, 0) is 47.5 Å². The van der Waals surface area contributed by atoms with Gasteiger partial charge < -0.3 is 10.1 Å². The number of ether oxygens (including phenoxy) is 1. The van der Waals surface area contributed by atoms with E-state index in [4.69, 9.17) is 4.74 Å². The Balaban J connectivity index is 1.65. The van der Waals surface area contributed by atoms with Crippen molar-refractivity contribution < 1.29 is 9.53 Å². The van der Waals surface area contributed by atoms with E-state index in [1.807, 2.05) is 18.2 Å². The average molecular weight is 331 g/mol. The molecule has 3 aromatic carbocycles. The lowest BCUT2D eigenvalue weighted by atomic mass is 10.1. The molecule has 0 heterocycles. The molecule has 3 aromatic rings. The van der Waals surface area contributed by atoms with E-state index in [1.54, 1.807) is 12.1 Å². The van der Waals surface area contributed by atoms with Crippen LogP contribution < -0.4 is 5.32 Å². The molecule has 1 N–H and O–H groups in total. The monoisotopic (exact) mass is 331 g/mol. The second-order valence-electron chi connectivity index (χ2n) is 6.02. The summed E-state index contributed by atoms with van der Waals surface area (Å²) in [5.41, 5.74) is 3.93. The molecule has 0 bridgehead atoms. The number of nitrogens with one attached hydrogen (secondary N) is 1. The van der Waals surface area contributed by atoms with Crippen LogP contribution in [0.15, 0.2) is 72.3 Å². The molecule has 0 aliphatic heterocycles. The van der Waals surface area contributed by atoms with Crippen LogP contribution in [-0.2, 0) is 4.74 Å². The van der Waals surface area contributed by atoms with Crippen molar-refractivity contribution in [1.29, 1.82) is 0 Å². The number of hydrogen-bond acceptors (Lipinski definition) is 3. The Morgan fingerprint density at radius 1 is 1.00 bits per heavy atom. The fourth-order valence-electron chi connectivity index (χ4n) is 2.71. The molecule has 0 atom stereocenters. The number of hydrogen-bond donors (Lipinski definition) is 1. The van der Waals surface area contributed by atoms with Crippen molar-refractivity contribution in [2.24, 2.45) is 0 Å². The summed E-state index contributed by atoms with van der Waals surface area (Å²) in [7, 11) is 1.39. The van der Waals surface area contributed by atoms with Crippen LogP contribution in [0.5, 0.6) is 0 Å². The Bertz CT molecular complexity index is 911. The number of carbonyl (C=O) groups excluding carboxylic acids is 1. The number of methoxy groups -OCH3 is 1. The lowest BCUT2D eigenvalue weighted by molar-refractivity contribution is 0.0600. The largest absolute Gasteiger partial charge is 0.465 e. The zero-order chi connectivity index (χ0) is 17.6. The predicted octanol–water partition coefficient (Wildman–Crippen LogP) is 5.14. The minimum Gasteiger partial charge on any atom is -0.465 e. The van der Waals surface area contributed by atoms with Crippen molar-refractivity contribution >= 4 is 28.5 Å². The summed E-state index contributed by atoms with van der Waals surface area (Å²) in [6.45, 7) is 2.85. The summed E-state index contributed by atoms with van der Waals surface area (Å²) in [5, 5.41) is 5.92. The predicted molar refractivity (Wildman–Crippen MR) is 104 cm³/mol. The second-order valence-corrected chi connectivity index (χ2v) is 6.02. The van der Waals surface area contributed by atoms with E-state index in [1.165, 1.54) is 23.5 Å². The SMILES string of the molecule is COC(=O)c1ccc(/C=C(\C)CNc2ccc3ccccc3c2)cc1. The van der Waals surface area contributed by atoms with Crippen LogP contribution in [0.25, 0.3) is 16.8 Å². The van der Waals surface area contributed by atoms with Gasteiger partial charge in [0.05, 0.1) is 12.7 Å². The van der Waals surface area contributed by atoms with Crippen LogP contribution in [0.4, 0.5) is 5.69 Å². The zero-order valence-electron chi connectivity index (χ0n) is 14.5. The molecule has 126 valence electrons. The molecule has 0 unspecified atom stereocenters. The molecule has 0 amide bonds. The van der Waals surface area contributed by atoms with E-state index in [0.717, 1.165) is 17.8 Å². The minimum absolute atomic E-state index is 0.315. The molecule has 3 nitrogen and oxygen atoms in total. The highest BCUT2D eigenvalue weighted by Gasteiger charge is 2.03. The van der Waals surface area contributed by atoms with Gasteiger partial charge >= 0.3 is 5.97 Å². The highest BCUT2D eigenvalue weighted by molar-refractivity contribution is 5.89. The highest BCUT2D eigenvalue weighted by atomic mass is 16.5. The highest BCUT2D eigenvalue weighted by Crippen LogP contribution is 2.19. The third kappa shape index (κ3) is 4.27. The fourth-order valence-corrected chi connectivity index (χ4v) is 2.71. The van der Waals surface area contributed by atoms with Gasteiger partial charge in [0, 0.05) is 12.2 Å². The van der Waals surface area contributed by atoms with E-state index in [-0.39, 0.29) is 5.97 Å². The first-order valence-corrected chi connectivity index (χ1v) is 8.24. The fraction of sp³-hybridized carbons (Fsp3) is 0.136. The molecule has 3 heteroatoms. The molecule has 0 spiro atoms. The van der Waals surface area contributed by atoms with Crippen molar-refractivity contribution in [3.63, 3.8) is 0 Å². The summed E-state index contributed by atoms with van der Waals surface area (Å²) < 4.78 is 4.71. The Morgan fingerprint density at radius 3 is 2.44 bits per heavy atom. The first-order valence-electron chi connectivity index (χ1n) is 8.24. The molecule has 0 aromatic heterocycles. The number of benzene rings is 3. The average Bonchev–Trinajstić information content (AvgIpc) is 2.66. The molecule has 0 aliphatic carbocycles. The quantitative estimate of drug-likeness (QED) is 0.658. The lowest BCUT2D eigenvalue weighted by Gasteiger charge is -2.08. The summed E-state index contributed by atoms with van der Waals surface area (Å²) in [4.78, 5) is 11.5. The molecule has 0 saturated heterocycles. The van der Waals surface area contributed by atoms with Crippen LogP contribution in [0.1, 0.15) is 22.8 Å². The minimum atomic E-state index is -0.315. The molecule has 0 radical (unpaired) electrons. The number of carbonyl (C=O) groups is 1. The topological polar surface area (TPSA) is 38.3 Å². The van der Waals surface area contributed by atoms with Crippen molar-refractivity contribution in [2.45, 2.75) is 6.92 Å². The van der Waals surface area contributed by atoms with Crippen molar-refractivity contribution in [2.75, 3.05) is 19.0 Å². The maximum absolute atomic E-state index is 11.5. The van der Waals surface area contributed by atoms with Gasteiger partial charge in [-0.25, -0.2) is 4.79 Å². The molecular weight excluding hydrogens is 310 g/mol. The van der Waals surface area contributed by atoms with Crippen LogP contribution >= 0.6 is 0 Å². The van der Waals surface area contributed by atoms with E-state index < -0.39 is 0 Å². The normalized spacial score (nSPS) is 11.4. The van der Waals surface area contributed by atoms with Gasteiger partial charge in [0.25, 0.3) is 0 Å². The Hall–Kier alpha value is -3.07. The third-order valence-electron chi connectivity index (χ3n) is 4.07. The van der Waals surface area contributed by atoms with Gasteiger partial charge in [-0.3, -0.25) is 0 Å². The van der Waals surface area contributed by atoms with Crippen molar-refractivity contribution in [3.05, 3.63) is 83.4 Å². The summed E-state index contributed by atoms with van der Waals surface area (Å²) in [6.07, 6.45) is 2.11. The first-order chi connectivity index (χ1) is 12.2. The first kappa shape index (κ1) is 16.8. The van der Waals surface area contributed by atoms with Gasteiger partial charge in [0.2, 0.25) is 0 Å². The molecular formula is C22H21NO2. The van der Waals surface area contributed by atoms with Crippen molar-refractivity contribution in [3.8, 4) is 0 Å². The standard InChI is InChI=1S/C22H21NO2/c1-16(13-17-7-9-19(10-8-17)22(24)25-2)15-23-21-12-11-18-5-3-4-6-20(18)14-21/h3-14,23H,15H2,1-2H3/b16-13+. The molecule has 0 aliphatic rings. The molecule has 0 saturated carbocycles. The summed E-state index contributed by atoms with van der Waals surface area (Å²) >= 11 is 0. The van der Waals surface area contributed by atoms with Crippen LogP contribution in [-0.4, -0.2) is 19.6 Å². The van der Waals surface area contributed by atoms with Gasteiger partial charge in [-0.15, -0.1) is 0 Å². The number of fused-ring (bicyclic) bond motifs is 1. The van der Waals surface area contributed by atoms with E-state index in [2.05, 4.69) is 54.7 Å². The maximum Gasteiger partial charge on any atom is 0.337 e. The van der Waals surface area contributed by atoms with E-state index in [0.29, 0.717) is 5.56 Å². The Labute approximate surface area is 147 Å².